The Labute approximate surface area is 105 Å². The van der Waals surface area contributed by atoms with Crippen molar-refractivity contribution in [1.29, 1.82) is 0 Å². The minimum Gasteiger partial charge on any atom is -0.360 e. The van der Waals surface area contributed by atoms with Crippen molar-refractivity contribution in [3.05, 3.63) is 31.9 Å². The quantitative estimate of drug-likeness (QED) is 0.636. The Morgan fingerprint density at radius 2 is 1.93 bits per heavy atom. The zero-order valence-corrected chi connectivity index (χ0v) is 10.9. The fourth-order valence-electron chi connectivity index (χ4n) is 1.33. The van der Waals surface area contributed by atoms with Gasteiger partial charge in [-0.2, -0.15) is 13.2 Å². The normalized spacial score (nSPS) is 12.3. The number of aromatic nitrogens is 1. The molecule has 0 aliphatic heterocycles. The first kappa shape index (κ1) is 11.3. The summed E-state index contributed by atoms with van der Waals surface area (Å²) in [5.74, 6) is 0. The minimum absolute atomic E-state index is 0.0695. The minimum atomic E-state index is -4.33. The van der Waals surface area contributed by atoms with E-state index in [1.165, 1.54) is 6.07 Å². The molecule has 1 aromatic carbocycles. The molecule has 15 heavy (non-hydrogen) atoms. The highest BCUT2D eigenvalue weighted by Gasteiger charge is 2.33. The van der Waals surface area contributed by atoms with Gasteiger partial charge in [-0.15, -0.1) is 0 Å². The van der Waals surface area contributed by atoms with Gasteiger partial charge in [0.15, 0.2) is 0 Å². The Morgan fingerprint density at radius 3 is 2.53 bits per heavy atom. The van der Waals surface area contributed by atoms with Crippen LogP contribution in [-0.4, -0.2) is 4.98 Å². The Kier molecular flexibility index (Phi) is 2.74. The van der Waals surface area contributed by atoms with Crippen molar-refractivity contribution in [3.8, 4) is 0 Å². The summed E-state index contributed by atoms with van der Waals surface area (Å²) >= 11 is 5.00. The third-order valence-corrected chi connectivity index (χ3v) is 3.57. The van der Waals surface area contributed by atoms with Gasteiger partial charge in [0, 0.05) is 25.1 Å². The number of halogens is 5. The molecule has 0 aliphatic rings. The van der Waals surface area contributed by atoms with E-state index in [2.05, 4.69) is 43.5 Å². The molecule has 0 saturated heterocycles. The molecule has 0 aliphatic carbocycles. The van der Waals surface area contributed by atoms with Crippen LogP contribution < -0.4 is 0 Å². The van der Waals surface area contributed by atoms with E-state index < -0.39 is 11.7 Å². The van der Waals surface area contributed by atoms with E-state index in [-0.39, 0.29) is 4.47 Å². The molecular formula is C9H4BrF3IN. The number of alkyl halides is 3. The molecule has 80 valence electrons. The third-order valence-electron chi connectivity index (χ3n) is 2.02. The molecule has 0 spiro atoms. The molecule has 1 N–H and O–H groups in total. The lowest BCUT2D eigenvalue weighted by atomic mass is 10.1. The molecule has 1 nitrogen and oxygen atoms in total. The van der Waals surface area contributed by atoms with Crippen LogP contribution in [0.25, 0.3) is 10.9 Å². The number of aromatic amines is 1. The average Bonchev–Trinajstić information content (AvgIpc) is 2.45. The van der Waals surface area contributed by atoms with Crippen molar-refractivity contribution in [2.75, 3.05) is 0 Å². The molecule has 1 heterocycles. The smallest absolute Gasteiger partial charge is 0.360 e. The maximum Gasteiger partial charge on any atom is 0.417 e. The van der Waals surface area contributed by atoms with Gasteiger partial charge in [-0.05, 0) is 34.7 Å². The molecule has 0 fully saturated rings. The van der Waals surface area contributed by atoms with Crippen LogP contribution in [0.1, 0.15) is 5.56 Å². The maximum atomic E-state index is 12.5. The fraction of sp³-hybridized carbons (Fsp3) is 0.111. The van der Waals surface area contributed by atoms with Crippen LogP contribution in [0.3, 0.4) is 0 Å². The molecule has 0 amide bonds. The van der Waals surface area contributed by atoms with E-state index in [0.29, 0.717) is 5.52 Å². The second-order valence-corrected chi connectivity index (χ2v) is 5.03. The lowest BCUT2D eigenvalue weighted by Gasteiger charge is -2.08. The molecule has 2 rings (SSSR count). The monoisotopic (exact) mass is 389 g/mol. The standard InChI is InChI=1S/C9H4BrF3IN/c10-6-1-4-7(14)3-15-8(4)2-5(6)9(11,12)13/h1-3,15H. The number of hydrogen-bond donors (Lipinski definition) is 1. The van der Waals surface area contributed by atoms with Gasteiger partial charge in [0.1, 0.15) is 0 Å². The van der Waals surface area contributed by atoms with Crippen LogP contribution in [0.2, 0.25) is 0 Å². The predicted molar refractivity (Wildman–Crippen MR) is 63.7 cm³/mol. The molecule has 6 heteroatoms. The lowest BCUT2D eigenvalue weighted by Crippen LogP contribution is -2.05. The first-order valence-corrected chi connectivity index (χ1v) is 5.80. The number of fused-ring (bicyclic) bond motifs is 1. The van der Waals surface area contributed by atoms with E-state index in [1.54, 1.807) is 6.20 Å². The topological polar surface area (TPSA) is 15.8 Å². The molecule has 0 bridgehead atoms. The van der Waals surface area contributed by atoms with Crippen LogP contribution in [0.4, 0.5) is 13.2 Å². The van der Waals surface area contributed by atoms with Gasteiger partial charge >= 0.3 is 6.18 Å². The summed E-state index contributed by atoms with van der Waals surface area (Å²) in [5.41, 5.74) is -0.164. The number of hydrogen-bond acceptors (Lipinski definition) is 0. The van der Waals surface area contributed by atoms with Crippen LogP contribution in [0.5, 0.6) is 0 Å². The number of H-pyrrole nitrogens is 1. The van der Waals surface area contributed by atoms with Gasteiger partial charge < -0.3 is 4.98 Å². The molecule has 0 atom stereocenters. The summed E-state index contributed by atoms with van der Waals surface area (Å²) < 4.78 is 38.6. The molecular weight excluding hydrogens is 386 g/mol. The van der Waals surface area contributed by atoms with E-state index in [1.807, 2.05) is 0 Å². The van der Waals surface area contributed by atoms with Crippen molar-refractivity contribution in [2.45, 2.75) is 6.18 Å². The summed E-state index contributed by atoms with van der Waals surface area (Å²) in [6.45, 7) is 0. The summed E-state index contributed by atoms with van der Waals surface area (Å²) in [7, 11) is 0. The van der Waals surface area contributed by atoms with Crippen molar-refractivity contribution in [1.82, 2.24) is 4.98 Å². The fourth-order valence-corrected chi connectivity index (χ4v) is 2.50. The highest BCUT2D eigenvalue weighted by Crippen LogP contribution is 2.37. The second kappa shape index (κ2) is 3.65. The van der Waals surface area contributed by atoms with Crippen LogP contribution >= 0.6 is 38.5 Å². The van der Waals surface area contributed by atoms with Gasteiger partial charge in [-0.3, -0.25) is 0 Å². The van der Waals surface area contributed by atoms with Gasteiger partial charge in [0.05, 0.1) is 5.56 Å². The third kappa shape index (κ3) is 2.01. The van der Waals surface area contributed by atoms with Crippen molar-refractivity contribution < 1.29 is 13.2 Å². The molecule has 1 aromatic heterocycles. The van der Waals surface area contributed by atoms with Crippen molar-refractivity contribution in [3.63, 3.8) is 0 Å². The number of nitrogens with one attached hydrogen (secondary N) is 1. The van der Waals surface area contributed by atoms with E-state index in [0.717, 1.165) is 15.0 Å². The average molecular weight is 390 g/mol. The Hall–Kier alpha value is -0.240. The van der Waals surface area contributed by atoms with Gasteiger partial charge in [-0.1, -0.05) is 15.9 Å². The summed E-state index contributed by atoms with van der Waals surface area (Å²) in [6.07, 6.45) is -2.65. The lowest BCUT2D eigenvalue weighted by molar-refractivity contribution is -0.138. The predicted octanol–water partition coefficient (Wildman–Crippen LogP) is 4.55. The van der Waals surface area contributed by atoms with Gasteiger partial charge in [0.2, 0.25) is 0 Å². The Balaban J connectivity index is 2.74. The highest BCUT2D eigenvalue weighted by molar-refractivity contribution is 14.1. The van der Waals surface area contributed by atoms with Crippen LogP contribution in [0, 0.1) is 3.57 Å². The Bertz CT molecular complexity index is 518. The van der Waals surface area contributed by atoms with E-state index >= 15 is 0 Å². The SMILES string of the molecule is FC(F)(F)c1cc2[nH]cc(I)c2cc1Br. The largest absolute Gasteiger partial charge is 0.417 e. The molecule has 2 aromatic rings. The van der Waals surface area contributed by atoms with Crippen LogP contribution in [-0.2, 0) is 6.18 Å². The summed E-state index contributed by atoms with van der Waals surface area (Å²) in [6, 6.07) is 2.60. The molecule has 0 unspecified atom stereocenters. The second-order valence-electron chi connectivity index (χ2n) is 3.01. The molecule has 0 saturated carbocycles. The number of benzene rings is 1. The van der Waals surface area contributed by atoms with E-state index in [9.17, 15) is 13.2 Å². The zero-order valence-electron chi connectivity index (χ0n) is 7.12. The van der Waals surface area contributed by atoms with Crippen molar-refractivity contribution >= 4 is 49.4 Å². The van der Waals surface area contributed by atoms with Crippen LogP contribution in [0.15, 0.2) is 22.8 Å². The highest BCUT2D eigenvalue weighted by atomic mass is 127. The number of rotatable bonds is 0. The zero-order chi connectivity index (χ0) is 11.2. The van der Waals surface area contributed by atoms with E-state index in [4.69, 9.17) is 0 Å². The Morgan fingerprint density at radius 1 is 1.27 bits per heavy atom. The summed E-state index contributed by atoms with van der Waals surface area (Å²) in [5, 5.41) is 0.787. The first-order chi connectivity index (χ1) is 6.89. The first-order valence-electron chi connectivity index (χ1n) is 3.93. The van der Waals surface area contributed by atoms with Crippen molar-refractivity contribution in [2.24, 2.45) is 0 Å². The van der Waals surface area contributed by atoms with Gasteiger partial charge in [-0.25, -0.2) is 0 Å². The molecule has 0 radical (unpaired) electrons. The maximum absolute atomic E-state index is 12.5. The van der Waals surface area contributed by atoms with Gasteiger partial charge in [0.25, 0.3) is 0 Å². The summed E-state index contributed by atoms with van der Waals surface area (Å²) in [4.78, 5) is 2.80.